The Kier molecular flexibility index (Phi) is 16.5. The van der Waals surface area contributed by atoms with Gasteiger partial charge < -0.3 is 51.3 Å². The third-order valence-electron chi connectivity index (χ3n) is 12.1. The molecule has 8 N–H and O–H groups in total. The smallest absolute Gasteiger partial charge is 0.418 e. The number of nitrogens with one attached hydrogen (secondary N) is 2. The third kappa shape index (κ3) is 12.0. The average molecular weight is 1100 g/mol. The second kappa shape index (κ2) is 22.5. The number of halogens is 8. The molecule has 0 bridgehead atoms. The van der Waals surface area contributed by atoms with E-state index in [0.717, 1.165) is 33.8 Å². The van der Waals surface area contributed by atoms with Gasteiger partial charge in [-0.15, -0.1) is 0 Å². The first-order valence-corrected chi connectivity index (χ1v) is 22.8. The number of amides is 2. The van der Waals surface area contributed by atoms with Crippen LogP contribution < -0.4 is 31.6 Å². The third-order valence-corrected chi connectivity index (χ3v) is 12.1. The molecule has 4 unspecified atom stereocenters. The van der Waals surface area contributed by atoms with E-state index in [1.165, 1.54) is 115 Å². The molecular formula is C50H48F8N12O8. The Bertz CT molecular complexity index is 3240. The summed E-state index contributed by atoms with van der Waals surface area (Å²) in [6.45, 7) is 2.22. The van der Waals surface area contributed by atoms with Gasteiger partial charge in [-0.25, -0.2) is 37.7 Å². The minimum absolute atomic E-state index is 0.0432. The molecule has 6 aromatic heterocycles. The fourth-order valence-corrected chi connectivity index (χ4v) is 8.48. The average Bonchev–Trinajstić information content (AvgIpc) is 4.17. The van der Waals surface area contributed by atoms with E-state index < -0.39 is 81.4 Å². The number of carbonyl (C=O) groups is 2. The Balaban J connectivity index is 0.000000226. The van der Waals surface area contributed by atoms with E-state index in [0.29, 0.717) is 11.1 Å². The molecule has 8 aromatic rings. The molecule has 20 nitrogen and oxygen atoms in total. The second-order valence-electron chi connectivity index (χ2n) is 17.7. The van der Waals surface area contributed by atoms with Crippen LogP contribution in [0.2, 0.25) is 0 Å². The first-order valence-electron chi connectivity index (χ1n) is 22.8. The number of rotatable bonds is 16. The molecule has 78 heavy (non-hydrogen) atoms. The zero-order valence-corrected chi connectivity index (χ0v) is 41.9. The van der Waals surface area contributed by atoms with Crippen molar-refractivity contribution in [3.63, 3.8) is 0 Å². The van der Waals surface area contributed by atoms with E-state index in [4.69, 9.17) is 30.4 Å². The number of aliphatic hydroxyl groups is 2. The molecule has 2 amide bonds. The maximum Gasteiger partial charge on any atom is 0.418 e. The van der Waals surface area contributed by atoms with Crippen LogP contribution >= 0.6 is 0 Å². The van der Waals surface area contributed by atoms with Crippen molar-refractivity contribution in [1.29, 1.82) is 0 Å². The number of fused-ring (bicyclic) bond motifs is 2. The number of benzene rings is 2. The summed E-state index contributed by atoms with van der Waals surface area (Å²) in [6, 6.07) is 14.9. The van der Waals surface area contributed by atoms with Crippen molar-refractivity contribution in [2.24, 2.45) is 0 Å². The fourth-order valence-electron chi connectivity index (χ4n) is 8.48. The summed E-state index contributed by atoms with van der Waals surface area (Å²) in [6.07, 6.45) is -6.90. The van der Waals surface area contributed by atoms with E-state index in [1.54, 1.807) is 0 Å². The van der Waals surface area contributed by atoms with E-state index in [2.05, 4.69) is 40.8 Å². The first-order chi connectivity index (χ1) is 36.7. The molecule has 6 heterocycles. The standard InChI is InChI=1S/2C25H24F4N6O4/c2*1-24(37,20(38-2)13-4-6-15(26)7-5-13)11-32-22(36)16-8-14(10-31-23(16)39-3)18-9-17(25(27,28)29)19-21(30)33-12-34-35(18)19/h2*4-10,12,20,37H,11H2,1-3H3,(H,32,36)(H2,30,33,34). The minimum Gasteiger partial charge on any atom is -0.480 e. The van der Waals surface area contributed by atoms with Crippen molar-refractivity contribution < 1.29 is 73.9 Å². The van der Waals surface area contributed by atoms with Crippen molar-refractivity contribution in [2.45, 2.75) is 49.6 Å². The number of hydrogen-bond donors (Lipinski definition) is 6. The van der Waals surface area contributed by atoms with E-state index in [-0.39, 0.29) is 70.1 Å². The summed E-state index contributed by atoms with van der Waals surface area (Å²) in [7, 11) is 5.25. The zero-order valence-electron chi connectivity index (χ0n) is 41.9. The van der Waals surface area contributed by atoms with Crippen LogP contribution in [0, 0.1) is 11.6 Å². The normalized spacial score (nSPS) is 14.2. The van der Waals surface area contributed by atoms with Gasteiger partial charge in [0.2, 0.25) is 11.8 Å². The minimum atomic E-state index is -4.75. The lowest BCUT2D eigenvalue weighted by Gasteiger charge is -2.32. The summed E-state index contributed by atoms with van der Waals surface area (Å²) >= 11 is 0. The number of alkyl halides is 6. The Labute approximate surface area is 437 Å². The molecule has 0 radical (unpaired) electrons. The number of carbonyl (C=O) groups excluding carboxylic acids is 2. The molecule has 4 atom stereocenters. The Morgan fingerprint density at radius 2 is 0.936 bits per heavy atom. The SMILES string of the molecule is COc1ncc(-c2cc(C(F)(F)F)c3c(N)ncnn23)cc1C(=O)NCC(C)(O)C(OC)c1ccc(F)cc1.COc1ncc(-c2cc(C(F)(F)F)c3c(N)ncnn23)cc1C(=O)NCC(C)(O)C(OC)c1ccc(F)cc1. The number of methoxy groups -OCH3 is 4. The molecule has 0 saturated carbocycles. The van der Waals surface area contributed by atoms with Crippen molar-refractivity contribution in [3.8, 4) is 34.3 Å². The molecule has 0 spiro atoms. The number of nitrogen functional groups attached to an aromatic ring is 2. The molecule has 2 aromatic carbocycles. The van der Waals surface area contributed by atoms with Crippen molar-refractivity contribution in [1.82, 2.24) is 49.8 Å². The predicted molar refractivity (Wildman–Crippen MR) is 263 cm³/mol. The molecule has 412 valence electrons. The Morgan fingerprint density at radius 1 is 0.590 bits per heavy atom. The van der Waals surface area contributed by atoms with Crippen LogP contribution in [0.25, 0.3) is 33.5 Å². The first kappa shape index (κ1) is 57.1. The van der Waals surface area contributed by atoms with E-state index >= 15 is 0 Å². The fraction of sp³-hybridized carbons (Fsp3) is 0.280. The van der Waals surface area contributed by atoms with Gasteiger partial charge in [0.15, 0.2) is 11.6 Å². The summed E-state index contributed by atoms with van der Waals surface area (Å²) in [5.74, 6) is -3.37. The summed E-state index contributed by atoms with van der Waals surface area (Å²) in [5.41, 5.74) is 5.98. The molecule has 0 fully saturated rings. The second-order valence-corrected chi connectivity index (χ2v) is 17.7. The van der Waals surface area contributed by atoms with Crippen LogP contribution in [0.4, 0.5) is 46.8 Å². The Morgan fingerprint density at radius 3 is 1.24 bits per heavy atom. The number of hydrogen-bond acceptors (Lipinski definition) is 16. The number of nitrogens with two attached hydrogens (primary N) is 2. The van der Waals surface area contributed by atoms with Gasteiger partial charge in [-0.2, -0.15) is 36.5 Å². The lowest BCUT2D eigenvalue weighted by atomic mass is 9.92. The van der Waals surface area contributed by atoms with Gasteiger partial charge in [-0.1, -0.05) is 24.3 Å². The highest BCUT2D eigenvalue weighted by Crippen LogP contribution is 2.41. The number of ether oxygens (including phenoxy) is 4. The van der Waals surface area contributed by atoms with Crippen LogP contribution in [-0.2, 0) is 21.8 Å². The molecular weight excluding hydrogens is 1050 g/mol. The van der Waals surface area contributed by atoms with Crippen LogP contribution in [0.15, 0.2) is 97.8 Å². The molecule has 8 rings (SSSR count). The van der Waals surface area contributed by atoms with Gasteiger partial charge >= 0.3 is 12.4 Å². The summed E-state index contributed by atoms with van der Waals surface area (Å²) < 4.78 is 132. The molecule has 0 aliphatic carbocycles. The summed E-state index contributed by atoms with van der Waals surface area (Å²) in [4.78, 5) is 41.8. The van der Waals surface area contributed by atoms with Gasteiger partial charge in [-0.3, -0.25) is 9.59 Å². The van der Waals surface area contributed by atoms with Crippen molar-refractivity contribution in [3.05, 3.63) is 143 Å². The quantitative estimate of drug-likeness (QED) is 0.0542. The molecule has 0 saturated heterocycles. The number of nitrogens with zero attached hydrogens (tertiary/aromatic N) is 8. The predicted octanol–water partition coefficient (Wildman–Crippen LogP) is 6.82. The van der Waals surface area contributed by atoms with Crippen LogP contribution in [0.5, 0.6) is 11.8 Å². The molecule has 0 aliphatic heterocycles. The lowest BCUT2D eigenvalue weighted by Crippen LogP contribution is -2.45. The number of aromatic nitrogens is 8. The highest BCUT2D eigenvalue weighted by molar-refractivity contribution is 5.98. The molecule has 28 heteroatoms. The highest BCUT2D eigenvalue weighted by atomic mass is 19.4. The molecule has 0 aliphatic rings. The number of anilines is 2. The Hall–Kier alpha value is -8.60. The van der Waals surface area contributed by atoms with Crippen LogP contribution in [-0.4, -0.2) is 114 Å². The van der Waals surface area contributed by atoms with Gasteiger partial charge in [-0.05, 0) is 73.5 Å². The highest BCUT2D eigenvalue weighted by Gasteiger charge is 2.40. The van der Waals surface area contributed by atoms with Crippen LogP contribution in [0.3, 0.4) is 0 Å². The monoisotopic (exact) mass is 1100 g/mol. The maximum atomic E-state index is 13.7. The largest absolute Gasteiger partial charge is 0.480 e. The van der Waals surface area contributed by atoms with Crippen molar-refractivity contribution in [2.75, 3.05) is 53.0 Å². The lowest BCUT2D eigenvalue weighted by molar-refractivity contribution is -0.137. The van der Waals surface area contributed by atoms with Gasteiger partial charge in [0.1, 0.15) is 69.9 Å². The van der Waals surface area contributed by atoms with Gasteiger partial charge in [0, 0.05) is 50.8 Å². The maximum absolute atomic E-state index is 13.7. The van der Waals surface area contributed by atoms with E-state index in [1.807, 2.05) is 0 Å². The van der Waals surface area contributed by atoms with Gasteiger partial charge in [0.05, 0.1) is 36.7 Å². The van der Waals surface area contributed by atoms with Crippen molar-refractivity contribution >= 4 is 34.5 Å². The van der Waals surface area contributed by atoms with Crippen LogP contribution in [0.1, 0.15) is 69.0 Å². The zero-order chi connectivity index (χ0) is 57.1. The van der Waals surface area contributed by atoms with E-state index in [9.17, 15) is 54.9 Å². The number of pyridine rings is 2. The summed E-state index contributed by atoms with van der Waals surface area (Å²) in [5, 5.41) is 35.0. The van der Waals surface area contributed by atoms with Gasteiger partial charge in [0.25, 0.3) is 11.8 Å². The topological polar surface area (TPSA) is 274 Å².